The van der Waals surface area contributed by atoms with Crippen LogP contribution in [0.15, 0.2) is 121 Å². The second kappa shape index (κ2) is 33.9. The van der Waals surface area contributed by atoms with E-state index in [9.17, 15) is 34.5 Å². The summed E-state index contributed by atoms with van der Waals surface area (Å²) in [6.45, 7) is 14.7. The van der Waals surface area contributed by atoms with Gasteiger partial charge >= 0.3 is 24.1 Å². The van der Waals surface area contributed by atoms with E-state index in [0.29, 0.717) is 39.3 Å². The van der Waals surface area contributed by atoms with Crippen LogP contribution < -0.4 is 10.6 Å². The van der Waals surface area contributed by atoms with Crippen LogP contribution in [0.4, 0.5) is 9.59 Å². The van der Waals surface area contributed by atoms with Crippen LogP contribution >= 0.6 is 0 Å². The summed E-state index contributed by atoms with van der Waals surface area (Å²) in [7, 11) is 1.23. The number of hydrogen-bond acceptors (Lipinski definition) is 15. The van der Waals surface area contributed by atoms with Crippen molar-refractivity contribution in [3.05, 3.63) is 144 Å². The summed E-state index contributed by atoms with van der Waals surface area (Å²) in [4.78, 5) is 47.9. The Labute approximate surface area is 442 Å². The molecule has 0 spiro atoms. The molecule has 0 aliphatic heterocycles. The lowest BCUT2D eigenvalue weighted by molar-refractivity contribution is -0.146. The summed E-state index contributed by atoms with van der Waals surface area (Å²) < 4.78 is 51.0. The van der Waals surface area contributed by atoms with E-state index in [1.54, 1.807) is 55.4 Å². The first-order valence-corrected chi connectivity index (χ1v) is 25.1. The number of aliphatic hydroxyl groups is 2. The Balaban J connectivity index is 0.000000395. The van der Waals surface area contributed by atoms with Crippen LogP contribution in [0.5, 0.6) is 0 Å². The molecule has 0 radical (unpaired) electrons. The lowest BCUT2D eigenvalue weighted by Crippen LogP contribution is -2.47. The quantitative estimate of drug-likeness (QED) is 0.0189. The van der Waals surface area contributed by atoms with Crippen molar-refractivity contribution in [2.75, 3.05) is 33.5 Å². The predicted octanol–water partition coefficient (Wildman–Crippen LogP) is 7.93. The summed E-state index contributed by atoms with van der Waals surface area (Å²) in [5, 5.41) is 35.3. The number of ether oxygens (including phenoxy) is 9. The molecule has 0 saturated heterocycles. The molecule has 2 unspecified atom stereocenters. The first-order valence-electron chi connectivity index (χ1n) is 25.1. The molecule has 8 atom stereocenters. The summed E-state index contributed by atoms with van der Waals surface area (Å²) in [6.07, 6.45) is -4.84. The van der Waals surface area contributed by atoms with Crippen molar-refractivity contribution < 1.29 is 77.1 Å². The lowest BCUT2D eigenvalue weighted by atomic mass is 10.1. The van der Waals surface area contributed by atoms with Gasteiger partial charge in [0, 0.05) is 13.2 Å². The van der Waals surface area contributed by atoms with E-state index >= 15 is 0 Å². The van der Waals surface area contributed by atoms with Gasteiger partial charge in [-0.1, -0.05) is 121 Å². The Morgan fingerprint density at radius 2 is 0.800 bits per heavy atom. The molecule has 4 rings (SSSR count). The highest BCUT2D eigenvalue weighted by molar-refractivity contribution is 5.81. The molecule has 0 saturated carbocycles. The van der Waals surface area contributed by atoms with Crippen molar-refractivity contribution in [1.29, 1.82) is 0 Å². The fourth-order valence-corrected chi connectivity index (χ4v) is 7.07. The zero-order chi connectivity index (χ0) is 55.2. The van der Waals surface area contributed by atoms with Gasteiger partial charge in [0.25, 0.3) is 0 Å². The van der Waals surface area contributed by atoms with E-state index in [-0.39, 0.29) is 26.4 Å². The Morgan fingerprint density at radius 1 is 0.493 bits per heavy atom. The maximum Gasteiger partial charge on any atom is 0.408 e. The van der Waals surface area contributed by atoms with E-state index in [1.165, 1.54) is 7.11 Å². The second-order valence-electron chi connectivity index (χ2n) is 19.7. The van der Waals surface area contributed by atoms with Crippen molar-refractivity contribution in [3.63, 3.8) is 0 Å². The fourth-order valence-electron chi connectivity index (χ4n) is 7.07. The molecule has 2 amide bonds. The predicted molar refractivity (Wildman–Crippen MR) is 280 cm³/mol. The lowest BCUT2D eigenvalue weighted by Gasteiger charge is -2.30. The maximum atomic E-state index is 12.2. The highest BCUT2D eigenvalue weighted by Crippen LogP contribution is 2.20. The van der Waals surface area contributed by atoms with Crippen LogP contribution in [-0.4, -0.2) is 133 Å². The zero-order valence-corrected chi connectivity index (χ0v) is 44.9. The Morgan fingerprint density at radius 3 is 1.09 bits per heavy atom. The average molecular weight is 1050 g/mol. The third-order valence-electron chi connectivity index (χ3n) is 10.7. The van der Waals surface area contributed by atoms with E-state index in [2.05, 4.69) is 10.6 Å². The molecule has 0 heterocycles. The highest BCUT2D eigenvalue weighted by atomic mass is 16.6. The van der Waals surface area contributed by atoms with Crippen LogP contribution in [0.2, 0.25) is 0 Å². The van der Waals surface area contributed by atoms with E-state index in [0.717, 1.165) is 22.3 Å². The number of amides is 2. The number of alkyl carbamates (subject to hydrolysis) is 2. The van der Waals surface area contributed by atoms with Crippen molar-refractivity contribution >= 4 is 24.1 Å². The number of carbonyl (C=O) groups is 4. The molecule has 18 nitrogen and oxygen atoms in total. The highest BCUT2D eigenvalue weighted by Gasteiger charge is 2.31. The van der Waals surface area contributed by atoms with E-state index in [1.807, 2.05) is 121 Å². The summed E-state index contributed by atoms with van der Waals surface area (Å²) in [5.41, 5.74) is 2.41. The first-order chi connectivity index (χ1) is 35.6. The number of rotatable bonds is 30. The first kappa shape index (κ1) is 63.3. The smallest absolute Gasteiger partial charge is 0.408 e. The number of aliphatic hydroxyl groups excluding tert-OH is 2. The van der Waals surface area contributed by atoms with Gasteiger partial charge in [0.05, 0.1) is 71.2 Å². The van der Waals surface area contributed by atoms with Gasteiger partial charge < -0.3 is 68.6 Å². The van der Waals surface area contributed by atoms with E-state index < -0.39 is 84.0 Å². The van der Waals surface area contributed by atoms with Gasteiger partial charge in [-0.2, -0.15) is 0 Å². The normalized spacial score (nSPS) is 14.8. The molecule has 414 valence electrons. The van der Waals surface area contributed by atoms with Gasteiger partial charge in [-0.15, -0.1) is 0 Å². The Hall–Kier alpha value is -5.96. The number of carbonyl (C=O) groups excluding carboxylic acids is 3. The minimum absolute atomic E-state index is 0.122. The Kier molecular flexibility index (Phi) is 28.6. The third kappa shape index (κ3) is 27.4. The monoisotopic (exact) mass is 1050 g/mol. The van der Waals surface area contributed by atoms with Crippen molar-refractivity contribution in [2.45, 2.75) is 155 Å². The van der Waals surface area contributed by atoms with Gasteiger partial charge in [0.1, 0.15) is 23.4 Å². The molecule has 4 aromatic carbocycles. The van der Waals surface area contributed by atoms with E-state index in [4.69, 9.17) is 42.6 Å². The molecule has 75 heavy (non-hydrogen) atoms. The summed E-state index contributed by atoms with van der Waals surface area (Å²) >= 11 is 0. The molecule has 5 N–H and O–H groups in total. The number of nitrogens with one attached hydrogen (secondary N) is 2. The molecule has 0 aliphatic carbocycles. The number of benzene rings is 4. The average Bonchev–Trinajstić information content (AvgIpc) is 3.36. The number of esters is 1. The van der Waals surface area contributed by atoms with Crippen LogP contribution in [0.1, 0.15) is 90.5 Å². The zero-order valence-electron chi connectivity index (χ0n) is 44.9. The van der Waals surface area contributed by atoms with Crippen molar-refractivity contribution in [1.82, 2.24) is 10.6 Å². The van der Waals surface area contributed by atoms with Gasteiger partial charge in [-0.3, -0.25) is 0 Å². The molecular formula is C57H80N2O16. The topological polar surface area (TPSA) is 236 Å². The standard InChI is InChI=1S/C29H41NO8.C28H39NO8/c1-21(31)26(37-19-23-14-10-7-11-15-23)25(36-18-22-12-8-6-9-13-22)16-17-35-20-24(27(32)34-5)30-28(33)38-29(2,3)4;1-20(30)25(36-18-22-13-9-6-10-14-22)24(35-17-21-11-7-5-8-12-21)15-16-34-19-23(26(31)32)29-27(33)37-28(2,3)4/h6-15,21,24-26,31H,16-20H2,1-5H3,(H,30,33);5-14,20,23-25,30H,15-19H2,1-4H3,(H,29,33)(H,31,32)/t21-,24?,25-,26-;20-,23?,24-,25-/m00/s1. The maximum absolute atomic E-state index is 12.2. The van der Waals surface area contributed by atoms with Crippen LogP contribution in [0, 0.1) is 0 Å². The largest absolute Gasteiger partial charge is 0.480 e. The number of hydrogen-bond donors (Lipinski definition) is 5. The van der Waals surface area contributed by atoms with Crippen molar-refractivity contribution in [2.24, 2.45) is 0 Å². The molecule has 0 bridgehead atoms. The molecule has 0 fully saturated rings. The molecule has 0 aromatic heterocycles. The molecule has 4 aromatic rings. The Bertz CT molecular complexity index is 2190. The molecular weight excluding hydrogens is 969 g/mol. The van der Waals surface area contributed by atoms with Gasteiger partial charge in [0.15, 0.2) is 12.1 Å². The minimum atomic E-state index is -1.28. The number of methoxy groups -OCH3 is 1. The van der Waals surface area contributed by atoms with Gasteiger partial charge in [-0.25, -0.2) is 19.2 Å². The fraction of sp³-hybridized carbons (Fsp3) is 0.509. The number of carboxylic acid groups (broad SMARTS) is 1. The van der Waals surface area contributed by atoms with Crippen LogP contribution in [-0.2, 0) is 78.6 Å². The van der Waals surface area contributed by atoms with Gasteiger partial charge in [0.2, 0.25) is 0 Å². The SMILES string of the molecule is COC(=O)C(COCC[C@H](OCc1ccccc1)[C@@H](OCc1ccccc1)[C@H](C)O)NC(=O)OC(C)(C)C.C[C@H](O)[C@H](OCc1ccccc1)[C@H](CCOCC(NC(=O)OC(C)(C)C)C(=O)O)OCc1ccccc1. The van der Waals surface area contributed by atoms with Gasteiger partial charge in [-0.05, 0) is 90.5 Å². The number of aliphatic carboxylic acids is 1. The summed E-state index contributed by atoms with van der Waals surface area (Å²) in [5.74, 6) is -1.89. The molecule has 18 heteroatoms. The van der Waals surface area contributed by atoms with Crippen LogP contribution in [0.25, 0.3) is 0 Å². The second-order valence-corrected chi connectivity index (χ2v) is 19.7. The summed E-state index contributed by atoms with van der Waals surface area (Å²) in [6, 6.07) is 36.3. The van der Waals surface area contributed by atoms with Crippen molar-refractivity contribution in [3.8, 4) is 0 Å². The van der Waals surface area contributed by atoms with Crippen LogP contribution in [0.3, 0.4) is 0 Å². The number of carboxylic acids is 1. The molecule has 0 aliphatic rings. The third-order valence-corrected chi connectivity index (χ3v) is 10.7. The minimum Gasteiger partial charge on any atom is -0.480 e.